The van der Waals surface area contributed by atoms with Crippen LogP contribution >= 0.6 is 0 Å². The van der Waals surface area contributed by atoms with E-state index < -0.39 is 0 Å². The van der Waals surface area contributed by atoms with Gasteiger partial charge in [0.15, 0.2) is 11.5 Å². The normalized spacial score (nSPS) is 14.4. The van der Waals surface area contributed by atoms with Gasteiger partial charge in [-0.3, -0.25) is 0 Å². The highest BCUT2D eigenvalue weighted by atomic mass is 16.7. The number of nitrogens with zero attached hydrogens (tertiary/aromatic N) is 1. The van der Waals surface area contributed by atoms with E-state index in [1.807, 2.05) is 30.3 Å². The number of hydrogen-bond donors (Lipinski definition) is 0. The molecular formula is C18H13NO3. The second-order valence-corrected chi connectivity index (χ2v) is 5.57. The maximum atomic E-state index is 5.88. The van der Waals surface area contributed by atoms with Crippen molar-refractivity contribution >= 4 is 10.9 Å². The van der Waals surface area contributed by atoms with E-state index >= 15 is 0 Å². The van der Waals surface area contributed by atoms with E-state index in [4.69, 9.17) is 19.2 Å². The fraction of sp³-hybridized carbons (Fsp3) is 0.167. The van der Waals surface area contributed by atoms with Gasteiger partial charge >= 0.3 is 0 Å². The Kier molecular flexibility index (Phi) is 2.23. The predicted octanol–water partition coefficient (Wildman–Crippen LogP) is 3.83. The SMILES string of the molecule is Cc1c2c(nc3cc4c(cc13)OCO4)-c1ccccc1OC2. The van der Waals surface area contributed by atoms with Crippen LogP contribution in [-0.2, 0) is 6.61 Å². The summed E-state index contributed by atoms with van der Waals surface area (Å²) in [5, 5.41) is 1.09. The van der Waals surface area contributed by atoms with Crippen LogP contribution in [0.25, 0.3) is 22.2 Å². The van der Waals surface area contributed by atoms with Crippen LogP contribution in [0.3, 0.4) is 0 Å². The third-order valence-corrected chi connectivity index (χ3v) is 4.38. The van der Waals surface area contributed by atoms with Gasteiger partial charge < -0.3 is 14.2 Å². The Balaban J connectivity index is 1.85. The fourth-order valence-electron chi connectivity index (χ4n) is 3.19. The lowest BCUT2D eigenvalue weighted by Gasteiger charge is -2.22. The van der Waals surface area contributed by atoms with Crippen molar-refractivity contribution < 1.29 is 14.2 Å². The minimum Gasteiger partial charge on any atom is -0.488 e. The zero-order valence-corrected chi connectivity index (χ0v) is 12.1. The zero-order chi connectivity index (χ0) is 14.7. The molecule has 0 N–H and O–H groups in total. The highest BCUT2D eigenvalue weighted by Gasteiger charge is 2.23. The van der Waals surface area contributed by atoms with Gasteiger partial charge in [0, 0.05) is 22.6 Å². The van der Waals surface area contributed by atoms with Crippen molar-refractivity contribution in [1.82, 2.24) is 4.98 Å². The van der Waals surface area contributed by atoms with E-state index in [0.717, 1.165) is 45.0 Å². The first-order chi connectivity index (χ1) is 10.8. The highest BCUT2D eigenvalue weighted by Crippen LogP contribution is 2.42. The maximum absolute atomic E-state index is 5.88. The summed E-state index contributed by atoms with van der Waals surface area (Å²) >= 11 is 0. The van der Waals surface area contributed by atoms with E-state index in [-0.39, 0.29) is 6.79 Å². The molecule has 4 nitrogen and oxygen atoms in total. The van der Waals surface area contributed by atoms with Crippen LogP contribution in [0.1, 0.15) is 11.1 Å². The first-order valence-electron chi connectivity index (χ1n) is 7.26. The summed E-state index contributed by atoms with van der Waals surface area (Å²) in [5.74, 6) is 2.44. The molecule has 0 unspecified atom stereocenters. The van der Waals surface area contributed by atoms with Crippen molar-refractivity contribution in [2.75, 3.05) is 6.79 Å². The molecule has 0 aliphatic carbocycles. The van der Waals surface area contributed by atoms with Gasteiger partial charge in [-0.25, -0.2) is 4.98 Å². The third-order valence-electron chi connectivity index (χ3n) is 4.38. The van der Waals surface area contributed by atoms with Crippen molar-refractivity contribution in [2.45, 2.75) is 13.5 Å². The molecule has 0 radical (unpaired) electrons. The van der Waals surface area contributed by atoms with Gasteiger partial charge in [-0.2, -0.15) is 0 Å². The zero-order valence-electron chi connectivity index (χ0n) is 12.1. The van der Waals surface area contributed by atoms with Gasteiger partial charge in [0.05, 0.1) is 11.2 Å². The van der Waals surface area contributed by atoms with Gasteiger partial charge in [0.1, 0.15) is 12.4 Å². The molecule has 2 aliphatic heterocycles. The van der Waals surface area contributed by atoms with Gasteiger partial charge in [0.2, 0.25) is 6.79 Å². The van der Waals surface area contributed by atoms with Crippen molar-refractivity contribution in [3.8, 4) is 28.5 Å². The van der Waals surface area contributed by atoms with Crippen molar-refractivity contribution in [3.63, 3.8) is 0 Å². The van der Waals surface area contributed by atoms with Crippen LogP contribution in [0, 0.1) is 6.92 Å². The summed E-state index contributed by atoms with van der Waals surface area (Å²) in [7, 11) is 0. The predicted molar refractivity (Wildman–Crippen MR) is 82.4 cm³/mol. The van der Waals surface area contributed by atoms with Gasteiger partial charge in [-0.05, 0) is 30.7 Å². The number of pyridine rings is 1. The van der Waals surface area contributed by atoms with Crippen molar-refractivity contribution in [1.29, 1.82) is 0 Å². The molecule has 0 amide bonds. The fourth-order valence-corrected chi connectivity index (χ4v) is 3.19. The number of hydrogen-bond acceptors (Lipinski definition) is 4. The second kappa shape index (κ2) is 4.13. The van der Waals surface area contributed by atoms with Crippen LogP contribution in [0.5, 0.6) is 17.2 Å². The standard InChI is InChI=1S/C18H13NO3/c1-10-12-6-16-17(22-9-21-16)7-14(12)19-18-11-4-2-3-5-15(11)20-8-13(10)18/h2-7H,8-9H2,1H3. The molecule has 2 aliphatic rings. The topological polar surface area (TPSA) is 40.6 Å². The Morgan fingerprint density at radius 1 is 0.955 bits per heavy atom. The molecule has 3 aromatic rings. The molecule has 0 bridgehead atoms. The molecule has 5 rings (SSSR count). The van der Waals surface area contributed by atoms with Crippen LogP contribution in [-0.4, -0.2) is 11.8 Å². The molecule has 108 valence electrons. The molecule has 4 heteroatoms. The average Bonchev–Trinajstić information content (AvgIpc) is 3.01. The third kappa shape index (κ3) is 1.49. The second-order valence-electron chi connectivity index (χ2n) is 5.57. The van der Waals surface area contributed by atoms with E-state index in [9.17, 15) is 0 Å². The Labute approximate surface area is 127 Å². The summed E-state index contributed by atoms with van der Waals surface area (Å²) in [5.41, 5.74) is 5.31. The largest absolute Gasteiger partial charge is 0.488 e. The van der Waals surface area contributed by atoms with Gasteiger partial charge in [-0.15, -0.1) is 0 Å². The quantitative estimate of drug-likeness (QED) is 0.631. The number of para-hydroxylation sites is 1. The van der Waals surface area contributed by atoms with E-state index in [1.54, 1.807) is 0 Å². The lowest BCUT2D eigenvalue weighted by Crippen LogP contribution is -2.09. The summed E-state index contributed by atoms with van der Waals surface area (Å²) in [6, 6.07) is 12.0. The molecule has 0 saturated carbocycles. The van der Waals surface area contributed by atoms with Crippen LogP contribution in [0.2, 0.25) is 0 Å². The molecule has 1 aromatic heterocycles. The number of benzene rings is 2. The molecule has 22 heavy (non-hydrogen) atoms. The lowest BCUT2D eigenvalue weighted by atomic mass is 9.96. The minimum atomic E-state index is 0.274. The molecule has 3 heterocycles. The number of aryl methyl sites for hydroxylation is 1. The molecule has 2 aromatic carbocycles. The number of rotatable bonds is 0. The Morgan fingerprint density at radius 3 is 2.68 bits per heavy atom. The summed E-state index contributed by atoms with van der Waals surface area (Å²) in [6.45, 7) is 2.94. The smallest absolute Gasteiger partial charge is 0.231 e. The molecule has 0 atom stereocenters. The number of fused-ring (bicyclic) bond motifs is 5. The van der Waals surface area contributed by atoms with E-state index in [0.29, 0.717) is 6.61 Å². The van der Waals surface area contributed by atoms with Crippen LogP contribution in [0.15, 0.2) is 36.4 Å². The lowest BCUT2D eigenvalue weighted by molar-refractivity contribution is 0.174. The number of aromatic nitrogens is 1. The molecule has 0 saturated heterocycles. The van der Waals surface area contributed by atoms with Crippen LogP contribution < -0.4 is 14.2 Å². The number of ether oxygens (including phenoxy) is 3. The molecular weight excluding hydrogens is 278 g/mol. The average molecular weight is 291 g/mol. The van der Waals surface area contributed by atoms with Crippen molar-refractivity contribution in [2.24, 2.45) is 0 Å². The summed E-state index contributed by atoms with van der Waals surface area (Å²) in [6.07, 6.45) is 0. The highest BCUT2D eigenvalue weighted by molar-refractivity contribution is 5.91. The first kappa shape index (κ1) is 11.9. The van der Waals surface area contributed by atoms with Crippen molar-refractivity contribution in [3.05, 3.63) is 47.5 Å². The first-order valence-corrected chi connectivity index (χ1v) is 7.26. The molecule has 0 fully saturated rings. The van der Waals surface area contributed by atoms with Gasteiger partial charge in [-0.1, -0.05) is 12.1 Å². The maximum Gasteiger partial charge on any atom is 0.231 e. The Hall–Kier alpha value is -2.75. The van der Waals surface area contributed by atoms with Gasteiger partial charge in [0.25, 0.3) is 0 Å². The summed E-state index contributed by atoms with van der Waals surface area (Å²) in [4.78, 5) is 4.88. The van der Waals surface area contributed by atoms with E-state index in [2.05, 4.69) is 13.0 Å². The minimum absolute atomic E-state index is 0.274. The molecule has 0 spiro atoms. The summed E-state index contributed by atoms with van der Waals surface area (Å²) < 4.78 is 16.8. The monoisotopic (exact) mass is 291 g/mol. The Morgan fingerprint density at radius 2 is 1.77 bits per heavy atom. The Bertz CT molecular complexity index is 933. The van der Waals surface area contributed by atoms with Crippen LogP contribution in [0.4, 0.5) is 0 Å². The van der Waals surface area contributed by atoms with E-state index in [1.165, 1.54) is 5.56 Å².